The van der Waals surface area contributed by atoms with Gasteiger partial charge in [-0.1, -0.05) is 13.8 Å². The van der Waals surface area contributed by atoms with E-state index < -0.39 is 0 Å². The molecule has 0 spiro atoms. The van der Waals surface area contributed by atoms with Crippen LogP contribution in [0.1, 0.15) is 37.0 Å². The number of nitrogens with one attached hydrogen (secondary N) is 3. The summed E-state index contributed by atoms with van der Waals surface area (Å²) >= 11 is 0. The molecule has 1 amide bonds. The van der Waals surface area contributed by atoms with Gasteiger partial charge in [0, 0.05) is 30.7 Å². The summed E-state index contributed by atoms with van der Waals surface area (Å²) in [5, 5.41) is 9.64. The predicted molar refractivity (Wildman–Crippen MR) is 85.1 cm³/mol. The van der Waals surface area contributed by atoms with E-state index in [1.54, 1.807) is 20.2 Å². The van der Waals surface area contributed by atoms with E-state index in [4.69, 9.17) is 4.74 Å². The van der Waals surface area contributed by atoms with Crippen molar-refractivity contribution in [2.24, 2.45) is 0 Å². The summed E-state index contributed by atoms with van der Waals surface area (Å²) in [4.78, 5) is 11.6. The Balaban J connectivity index is 1.96. The average molecular weight is 291 g/mol. The van der Waals surface area contributed by atoms with Crippen molar-refractivity contribution in [1.82, 2.24) is 10.6 Å². The number of anilines is 1. The van der Waals surface area contributed by atoms with Crippen LogP contribution in [0, 0.1) is 0 Å². The minimum Gasteiger partial charge on any atom is -0.495 e. The molecule has 0 unspecified atom stereocenters. The molecule has 0 radical (unpaired) electrons. The molecule has 3 N–H and O–H groups in total. The van der Waals surface area contributed by atoms with Gasteiger partial charge in [-0.05, 0) is 31.0 Å². The number of hydrogen-bond donors (Lipinski definition) is 3. The summed E-state index contributed by atoms with van der Waals surface area (Å²) in [7, 11) is 3.25. The van der Waals surface area contributed by atoms with E-state index in [1.807, 2.05) is 12.1 Å². The van der Waals surface area contributed by atoms with Crippen molar-refractivity contribution in [3.8, 4) is 5.75 Å². The van der Waals surface area contributed by atoms with Gasteiger partial charge in [0.1, 0.15) is 5.75 Å². The first-order chi connectivity index (χ1) is 10.0. The van der Waals surface area contributed by atoms with Crippen LogP contribution >= 0.6 is 0 Å². The van der Waals surface area contributed by atoms with E-state index in [9.17, 15) is 4.79 Å². The zero-order valence-electron chi connectivity index (χ0n) is 13.2. The first kappa shape index (κ1) is 15.6. The molecular formula is C16H25N3O2. The Hall–Kier alpha value is -1.75. The first-order valence-electron chi connectivity index (χ1n) is 7.46. The van der Waals surface area contributed by atoms with Gasteiger partial charge in [-0.25, -0.2) is 0 Å². The lowest BCUT2D eigenvalue weighted by molar-refractivity contribution is 0.0963. The second-order valence-corrected chi connectivity index (χ2v) is 5.83. The van der Waals surface area contributed by atoms with Crippen LogP contribution in [0.3, 0.4) is 0 Å². The van der Waals surface area contributed by atoms with Gasteiger partial charge in [0.05, 0.1) is 12.8 Å². The third-order valence-corrected chi connectivity index (χ3v) is 3.76. The lowest BCUT2D eigenvalue weighted by Gasteiger charge is -2.38. The molecule has 1 aliphatic carbocycles. The fourth-order valence-electron chi connectivity index (χ4n) is 2.66. The monoisotopic (exact) mass is 291 g/mol. The Labute approximate surface area is 126 Å². The smallest absolute Gasteiger partial charge is 0.251 e. The van der Waals surface area contributed by atoms with Crippen molar-refractivity contribution < 1.29 is 9.53 Å². The van der Waals surface area contributed by atoms with Crippen LogP contribution < -0.4 is 20.7 Å². The van der Waals surface area contributed by atoms with Gasteiger partial charge in [-0.15, -0.1) is 0 Å². The fraction of sp³-hybridized carbons (Fsp3) is 0.562. The summed E-state index contributed by atoms with van der Waals surface area (Å²) < 4.78 is 5.38. The number of benzene rings is 1. The Morgan fingerprint density at radius 3 is 2.57 bits per heavy atom. The zero-order valence-corrected chi connectivity index (χ0v) is 13.2. The molecule has 21 heavy (non-hydrogen) atoms. The van der Waals surface area contributed by atoms with Crippen LogP contribution in [0.2, 0.25) is 0 Å². The SMILES string of the molecule is CNC(=O)c1ccc(NC2CC(NC(C)C)C2)c(OC)c1. The second-order valence-electron chi connectivity index (χ2n) is 5.83. The Morgan fingerprint density at radius 2 is 2.00 bits per heavy atom. The van der Waals surface area contributed by atoms with Crippen LogP contribution in [0.5, 0.6) is 5.75 Å². The molecule has 1 aliphatic rings. The normalized spacial score (nSPS) is 20.8. The molecule has 0 aliphatic heterocycles. The van der Waals surface area contributed by atoms with Crippen LogP contribution in [0.4, 0.5) is 5.69 Å². The van der Waals surface area contributed by atoms with E-state index >= 15 is 0 Å². The van der Waals surface area contributed by atoms with Crippen molar-refractivity contribution in [2.75, 3.05) is 19.5 Å². The fourth-order valence-corrected chi connectivity index (χ4v) is 2.66. The van der Waals surface area contributed by atoms with Crippen molar-refractivity contribution in [2.45, 2.75) is 44.8 Å². The predicted octanol–water partition coefficient (Wildman–Crippen LogP) is 2.00. The molecule has 0 heterocycles. The summed E-state index contributed by atoms with van der Waals surface area (Å²) in [5.74, 6) is 0.598. The van der Waals surface area contributed by atoms with Crippen molar-refractivity contribution in [1.29, 1.82) is 0 Å². The summed E-state index contributed by atoms with van der Waals surface area (Å²) in [6, 6.07) is 7.07. The number of hydrogen-bond acceptors (Lipinski definition) is 4. The van der Waals surface area contributed by atoms with Crippen molar-refractivity contribution in [3.63, 3.8) is 0 Å². The number of carbonyl (C=O) groups is 1. The highest BCUT2D eigenvalue weighted by molar-refractivity contribution is 5.95. The molecule has 0 atom stereocenters. The maximum absolute atomic E-state index is 11.6. The molecule has 1 fully saturated rings. The Kier molecular flexibility index (Phi) is 5.07. The topological polar surface area (TPSA) is 62.4 Å². The largest absolute Gasteiger partial charge is 0.495 e. The summed E-state index contributed by atoms with van der Waals surface area (Å²) in [5.41, 5.74) is 1.55. The maximum Gasteiger partial charge on any atom is 0.251 e. The number of amides is 1. The maximum atomic E-state index is 11.6. The van der Waals surface area contributed by atoms with Crippen LogP contribution in [0.15, 0.2) is 18.2 Å². The molecule has 0 aromatic heterocycles. The van der Waals surface area contributed by atoms with Gasteiger partial charge in [0.2, 0.25) is 0 Å². The quantitative estimate of drug-likeness (QED) is 0.750. The molecule has 0 saturated heterocycles. The minimum atomic E-state index is -0.107. The first-order valence-corrected chi connectivity index (χ1v) is 7.46. The average Bonchev–Trinajstić information content (AvgIpc) is 2.43. The highest BCUT2D eigenvalue weighted by Gasteiger charge is 2.29. The number of carbonyl (C=O) groups excluding carboxylic acids is 1. The molecule has 1 saturated carbocycles. The van der Waals surface area contributed by atoms with Gasteiger partial charge in [-0.2, -0.15) is 0 Å². The number of methoxy groups -OCH3 is 1. The zero-order chi connectivity index (χ0) is 15.4. The molecular weight excluding hydrogens is 266 g/mol. The van der Waals surface area contributed by atoms with E-state index in [2.05, 4.69) is 29.8 Å². The summed E-state index contributed by atoms with van der Waals surface area (Å²) in [6.45, 7) is 4.34. The van der Waals surface area contributed by atoms with Gasteiger partial charge in [0.15, 0.2) is 0 Å². The standard InChI is InChI=1S/C16H25N3O2/c1-10(2)18-12-8-13(9-12)19-14-6-5-11(16(20)17-3)7-15(14)21-4/h5-7,10,12-13,18-19H,8-9H2,1-4H3,(H,17,20). The molecule has 1 aromatic rings. The lowest BCUT2D eigenvalue weighted by atomic mass is 9.86. The van der Waals surface area contributed by atoms with E-state index in [0.717, 1.165) is 18.5 Å². The third-order valence-electron chi connectivity index (χ3n) is 3.76. The highest BCUT2D eigenvalue weighted by atomic mass is 16.5. The Bertz CT molecular complexity index is 496. The highest BCUT2D eigenvalue weighted by Crippen LogP contribution is 2.31. The second kappa shape index (κ2) is 6.80. The van der Waals surface area contributed by atoms with Crippen molar-refractivity contribution >= 4 is 11.6 Å². The molecule has 1 aromatic carbocycles. The third kappa shape index (κ3) is 3.88. The molecule has 5 heteroatoms. The van der Waals surface area contributed by atoms with Crippen LogP contribution in [-0.2, 0) is 0 Å². The molecule has 2 rings (SSSR count). The van der Waals surface area contributed by atoms with Gasteiger partial charge in [0.25, 0.3) is 5.91 Å². The molecule has 5 nitrogen and oxygen atoms in total. The van der Waals surface area contributed by atoms with E-state index in [-0.39, 0.29) is 5.91 Å². The molecule has 0 bridgehead atoms. The van der Waals surface area contributed by atoms with Crippen LogP contribution in [0.25, 0.3) is 0 Å². The summed E-state index contributed by atoms with van der Waals surface area (Å²) in [6.07, 6.45) is 2.22. The van der Waals surface area contributed by atoms with Gasteiger partial charge >= 0.3 is 0 Å². The molecule has 116 valence electrons. The Morgan fingerprint density at radius 1 is 1.29 bits per heavy atom. The minimum absolute atomic E-state index is 0.107. The lowest BCUT2D eigenvalue weighted by Crippen LogP contribution is -2.49. The van der Waals surface area contributed by atoms with Gasteiger partial charge in [-0.3, -0.25) is 4.79 Å². The van der Waals surface area contributed by atoms with E-state index in [1.165, 1.54) is 0 Å². The number of rotatable bonds is 6. The van der Waals surface area contributed by atoms with E-state index in [0.29, 0.717) is 29.4 Å². The van der Waals surface area contributed by atoms with Crippen LogP contribution in [-0.4, -0.2) is 38.2 Å². The van der Waals surface area contributed by atoms with Gasteiger partial charge < -0.3 is 20.7 Å². The van der Waals surface area contributed by atoms with Crippen molar-refractivity contribution in [3.05, 3.63) is 23.8 Å². The number of ether oxygens (including phenoxy) is 1.